The average molecular weight is 1040 g/mol. The van der Waals surface area contributed by atoms with Gasteiger partial charge in [-0.25, -0.2) is 24.5 Å². The minimum Gasteiger partial charge on any atom is -0.497 e. The fraction of sp³-hybridized carbons (Fsp3) is 0.528. The van der Waals surface area contributed by atoms with E-state index in [0.29, 0.717) is 11.5 Å². The van der Waals surface area contributed by atoms with Gasteiger partial charge in [0.05, 0.1) is 39.9 Å². The highest BCUT2D eigenvalue weighted by Gasteiger charge is 2.52. The van der Waals surface area contributed by atoms with Gasteiger partial charge >= 0.3 is 12.0 Å². The molecule has 3 aromatic carbocycles. The molecule has 1 fully saturated rings. The van der Waals surface area contributed by atoms with Crippen LogP contribution in [0.2, 0.25) is 61.9 Å². The molecular formula is C53H78N6O10Si3. The molecule has 1 aliphatic rings. The molecule has 16 nitrogen and oxygen atoms in total. The molecular weight excluding hydrogens is 965 g/mol. The van der Waals surface area contributed by atoms with Gasteiger partial charge in [-0.1, -0.05) is 116 Å². The van der Waals surface area contributed by atoms with E-state index in [1.807, 2.05) is 78.9 Å². The molecule has 1 saturated heterocycles. The number of aliphatic hydroxyl groups is 1. The number of carbonyl (C=O) groups excluding carboxylic acids is 2. The van der Waals surface area contributed by atoms with E-state index < -0.39 is 79.0 Å². The van der Waals surface area contributed by atoms with Crippen molar-refractivity contribution in [1.82, 2.24) is 24.8 Å². The fourth-order valence-corrected chi connectivity index (χ4v) is 11.5. The quantitative estimate of drug-likeness (QED) is 0.0380. The molecule has 3 heterocycles. The number of imidazole rings is 1. The van der Waals surface area contributed by atoms with Crippen molar-refractivity contribution in [1.29, 1.82) is 0 Å². The van der Waals surface area contributed by atoms with E-state index in [9.17, 15) is 14.7 Å². The molecule has 1 aliphatic heterocycles. The number of nitrogens with one attached hydrogen (secondary N) is 2. The first kappa shape index (κ1) is 56.3. The van der Waals surface area contributed by atoms with Crippen LogP contribution < -0.4 is 20.1 Å². The maximum absolute atomic E-state index is 13.9. The Kier molecular flexibility index (Phi) is 17.4. The maximum Gasteiger partial charge on any atom is 0.331 e. The molecule has 0 bridgehead atoms. The van der Waals surface area contributed by atoms with Crippen molar-refractivity contribution in [2.45, 2.75) is 153 Å². The number of urea groups is 1. The van der Waals surface area contributed by atoms with Crippen LogP contribution in [-0.4, -0.2) is 119 Å². The molecule has 72 heavy (non-hydrogen) atoms. The summed E-state index contributed by atoms with van der Waals surface area (Å²) in [5.74, 6) is 0.878. The van der Waals surface area contributed by atoms with E-state index in [4.69, 9.17) is 32.5 Å². The summed E-state index contributed by atoms with van der Waals surface area (Å²) >= 11 is 0. The van der Waals surface area contributed by atoms with E-state index >= 15 is 0 Å². The number of ether oxygens (including phenoxy) is 5. The van der Waals surface area contributed by atoms with Crippen LogP contribution in [0, 0.1) is 0 Å². The third-order valence-electron chi connectivity index (χ3n) is 14.4. The number of aromatic nitrogens is 4. The van der Waals surface area contributed by atoms with Crippen molar-refractivity contribution in [3.63, 3.8) is 0 Å². The Bertz CT molecular complexity index is 2550. The summed E-state index contributed by atoms with van der Waals surface area (Å²) in [5.41, 5.74) is 1.86. The third-order valence-corrected chi connectivity index (χ3v) is 25.2. The van der Waals surface area contributed by atoms with Crippen molar-refractivity contribution in [3.8, 4) is 11.5 Å². The average Bonchev–Trinajstić information content (AvgIpc) is 3.87. The number of anilines is 1. The maximum atomic E-state index is 13.9. The molecule has 5 aromatic rings. The number of methoxy groups -OCH3 is 2. The van der Waals surface area contributed by atoms with E-state index in [0.717, 1.165) is 22.7 Å². The van der Waals surface area contributed by atoms with Gasteiger partial charge in [0, 0.05) is 8.07 Å². The number of aliphatic hydroxyl groups excluding tert-OH is 1. The summed E-state index contributed by atoms with van der Waals surface area (Å²) in [6, 6.07) is 24.5. The Labute approximate surface area is 429 Å². The van der Waals surface area contributed by atoms with Crippen molar-refractivity contribution in [3.05, 3.63) is 108 Å². The Morgan fingerprint density at radius 1 is 0.778 bits per heavy atom. The van der Waals surface area contributed by atoms with E-state index in [-0.39, 0.29) is 40.3 Å². The molecule has 2 amide bonds. The second-order valence-corrected chi connectivity index (χ2v) is 38.0. The third kappa shape index (κ3) is 12.7. The van der Waals surface area contributed by atoms with Gasteiger partial charge in [-0.3, -0.25) is 9.88 Å². The van der Waals surface area contributed by atoms with Gasteiger partial charge in [-0.05, 0) is 90.2 Å². The van der Waals surface area contributed by atoms with Crippen LogP contribution in [0.3, 0.4) is 0 Å². The first-order valence-corrected chi connectivity index (χ1v) is 34.2. The molecule has 6 atom stereocenters. The van der Waals surface area contributed by atoms with Crippen LogP contribution in [-0.2, 0) is 33.5 Å². The van der Waals surface area contributed by atoms with E-state index in [1.165, 1.54) is 12.7 Å². The van der Waals surface area contributed by atoms with Crippen molar-refractivity contribution in [2.24, 2.45) is 0 Å². The summed E-state index contributed by atoms with van der Waals surface area (Å²) in [5, 5.41) is 17.7. The predicted molar refractivity (Wildman–Crippen MR) is 288 cm³/mol. The molecule has 6 rings (SSSR count). The summed E-state index contributed by atoms with van der Waals surface area (Å²) in [4.78, 5) is 41.3. The minimum absolute atomic E-state index is 0.0201. The standard InChI is InChI=1S/C53H78N6O10Si3/c1-35(68-71(13,14)51(2,3)4)42(49(61)65-30-31-70(10,11)12)57-50(62)58-46-43-47(55-33-54-46)59(34-56-43)48-44(60)45(69-72(15,16)52(5,6)7)41(67-48)32-66-53(36-20-18-17-19-21-36,37-22-26-39(63-8)27-23-37)38-24-28-40(64-9)29-25-38/h17-29,33-35,41-42,44-45,48,60H,30-32H2,1-16H3,(H2,54,55,57,58,62)/t35?,41-,42?,44-,45-,48-/m1/s1. The monoisotopic (exact) mass is 1040 g/mol. The lowest BCUT2D eigenvalue weighted by molar-refractivity contribution is -0.147. The first-order valence-electron chi connectivity index (χ1n) is 24.7. The summed E-state index contributed by atoms with van der Waals surface area (Å²) in [6.45, 7) is 29.8. The molecule has 19 heteroatoms. The van der Waals surface area contributed by atoms with Crippen LogP contribution in [0.25, 0.3) is 11.2 Å². The Morgan fingerprint density at radius 3 is 1.86 bits per heavy atom. The van der Waals surface area contributed by atoms with E-state index in [1.54, 1.807) is 25.7 Å². The number of hydrogen-bond acceptors (Lipinski definition) is 13. The van der Waals surface area contributed by atoms with Gasteiger partial charge < -0.3 is 43.0 Å². The number of rotatable bonds is 20. The lowest BCUT2D eigenvalue weighted by Crippen LogP contribution is -2.55. The Morgan fingerprint density at radius 2 is 1.33 bits per heavy atom. The van der Waals surface area contributed by atoms with Crippen molar-refractivity contribution >= 4 is 53.7 Å². The zero-order valence-electron chi connectivity index (χ0n) is 45.2. The van der Waals surface area contributed by atoms with Crippen LogP contribution in [0.15, 0.2) is 91.5 Å². The molecule has 3 N–H and O–H groups in total. The van der Waals surface area contributed by atoms with E-state index in [2.05, 4.69) is 113 Å². The number of benzene rings is 3. The largest absolute Gasteiger partial charge is 0.497 e. The van der Waals surface area contributed by atoms with Crippen molar-refractivity contribution in [2.75, 3.05) is 32.8 Å². The molecule has 2 aromatic heterocycles. The first-order chi connectivity index (χ1) is 33.6. The highest BCUT2D eigenvalue weighted by molar-refractivity contribution is 6.76. The van der Waals surface area contributed by atoms with Crippen LogP contribution in [0.4, 0.5) is 10.6 Å². The topological polar surface area (TPSA) is 187 Å². The van der Waals surface area contributed by atoms with Crippen molar-refractivity contribution < 1.29 is 47.2 Å². The highest BCUT2D eigenvalue weighted by Crippen LogP contribution is 2.46. The Balaban J connectivity index is 1.34. The number of esters is 1. The van der Waals surface area contributed by atoms with Gasteiger partial charge in [0.1, 0.15) is 41.7 Å². The van der Waals surface area contributed by atoms with Crippen LogP contribution >= 0.6 is 0 Å². The smallest absolute Gasteiger partial charge is 0.331 e. The molecule has 0 aliphatic carbocycles. The Hall–Kier alpha value is -5.00. The van der Waals surface area contributed by atoms with Gasteiger partial charge in [0.2, 0.25) is 0 Å². The SMILES string of the molecule is COc1ccc(C(OC[C@H]2O[C@@H](n3cnc4c(NC(=O)NC(C(=O)OCC[Si](C)(C)C)C(C)O[Si](C)(C)C(C)(C)C)ncnc43)[C@H](O)[C@@H]2O[Si](C)(C)C(C)(C)C)(c2ccccc2)c2ccc(OC)cc2)cc1. The predicted octanol–water partition coefficient (Wildman–Crippen LogP) is 10.3. The fourth-order valence-electron chi connectivity index (χ4n) is 8.07. The number of nitrogens with zero attached hydrogens (tertiary/aromatic N) is 4. The highest BCUT2D eigenvalue weighted by atomic mass is 28.4. The number of fused-ring (bicyclic) bond motifs is 1. The lowest BCUT2D eigenvalue weighted by atomic mass is 9.80. The number of hydrogen-bond donors (Lipinski definition) is 3. The molecule has 0 radical (unpaired) electrons. The summed E-state index contributed by atoms with van der Waals surface area (Å²) in [6.07, 6.45) is -1.83. The molecule has 0 saturated carbocycles. The van der Waals surface area contributed by atoms with Gasteiger partial charge in [-0.15, -0.1) is 0 Å². The number of carbonyl (C=O) groups is 2. The minimum atomic E-state index is -2.57. The van der Waals surface area contributed by atoms with Gasteiger partial charge in [-0.2, -0.15) is 0 Å². The van der Waals surface area contributed by atoms with Gasteiger partial charge in [0.25, 0.3) is 0 Å². The van der Waals surface area contributed by atoms with Crippen LogP contribution in [0.5, 0.6) is 11.5 Å². The van der Waals surface area contributed by atoms with Gasteiger partial charge in [0.15, 0.2) is 45.9 Å². The molecule has 2 unspecified atom stereocenters. The summed E-state index contributed by atoms with van der Waals surface area (Å²) in [7, 11) is -3.21. The zero-order chi connectivity index (χ0) is 53.0. The second kappa shape index (κ2) is 22.2. The summed E-state index contributed by atoms with van der Waals surface area (Å²) < 4.78 is 46.5. The second-order valence-electron chi connectivity index (χ2n) is 22.9. The molecule has 392 valence electrons. The van der Waals surface area contributed by atoms with Crippen LogP contribution in [0.1, 0.15) is 71.4 Å². The number of amides is 2. The lowest BCUT2D eigenvalue weighted by Gasteiger charge is -2.41. The normalized spacial score (nSPS) is 18.9. The zero-order valence-corrected chi connectivity index (χ0v) is 48.2. The molecule has 0 spiro atoms.